The minimum absolute atomic E-state index is 0.107. The Hall–Kier alpha value is -1.69. The van der Waals surface area contributed by atoms with Gasteiger partial charge in [0.2, 0.25) is 0 Å². The Bertz CT molecular complexity index is 508. The van der Waals surface area contributed by atoms with Crippen LogP contribution in [0, 0.1) is 0 Å². The first kappa shape index (κ1) is 19.6. The Balaban J connectivity index is 1.98. The number of likely N-dealkylation sites (tertiary alicyclic amines) is 1. The van der Waals surface area contributed by atoms with Crippen molar-refractivity contribution in [3.8, 4) is 0 Å². The minimum atomic E-state index is -0.107. The van der Waals surface area contributed by atoms with Crippen molar-refractivity contribution in [1.29, 1.82) is 0 Å². The molecule has 1 amide bonds. The highest BCUT2D eigenvalue weighted by atomic mass is 16.2. The van der Waals surface area contributed by atoms with E-state index >= 15 is 0 Å². The second-order valence-corrected chi connectivity index (χ2v) is 7.65. The summed E-state index contributed by atoms with van der Waals surface area (Å²) in [5, 5.41) is 3.83. The highest BCUT2D eigenvalue weighted by Gasteiger charge is 2.25. The summed E-state index contributed by atoms with van der Waals surface area (Å²) in [5.41, 5.74) is 13.2. The van der Waals surface area contributed by atoms with Crippen molar-refractivity contribution < 1.29 is 4.79 Å². The van der Waals surface area contributed by atoms with Gasteiger partial charge in [-0.05, 0) is 38.7 Å². The molecule has 1 heterocycles. The van der Waals surface area contributed by atoms with E-state index in [-0.39, 0.29) is 5.91 Å². The number of likely N-dealkylation sites (N-methyl/N-ethyl adjacent to an activating group) is 1. The molecule has 6 heteroatoms. The largest absolute Gasteiger partial charge is 0.402 e. The quantitative estimate of drug-likeness (QED) is 0.517. The SMILES string of the molecule is C/C(N)=C/C(C(=O)N(C)C)=C(\N)N1CCC(NC2CCCCC2)CC1. The fourth-order valence-electron chi connectivity index (χ4n) is 3.77. The van der Waals surface area contributed by atoms with Gasteiger partial charge >= 0.3 is 0 Å². The summed E-state index contributed by atoms with van der Waals surface area (Å²) < 4.78 is 0. The third-order valence-corrected chi connectivity index (χ3v) is 5.20. The number of hydrogen-bond donors (Lipinski definition) is 3. The van der Waals surface area contributed by atoms with Crippen LogP contribution >= 0.6 is 0 Å². The van der Waals surface area contributed by atoms with Gasteiger partial charge in [0.05, 0.1) is 5.57 Å². The molecule has 1 aliphatic heterocycles. The molecular formula is C19H35N5O. The maximum Gasteiger partial charge on any atom is 0.257 e. The number of carbonyl (C=O) groups is 1. The van der Waals surface area contributed by atoms with E-state index in [1.807, 2.05) is 0 Å². The maximum atomic E-state index is 12.4. The maximum absolute atomic E-state index is 12.4. The van der Waals surface area contributed by atoms with E-state index in [2.05, 4.69) is 10.2 Å². The van der Waals surface area contributed by atoms with E-state index in [1.54, 1.807) is 32.0 Å². The average Bonchev–Trinajstić information content (AvgIpc) is 2.60. The van der Waals surface area contributed by atoms with Gasteiger partial charge in [0.25, 0.3) is 5.91 Å². The summed E-state index contributed by atoms with van der Waals surface area (Å²) in [6, 6.07) is 1.25. The lowest BCUT2D eigenvalue weighted by molar-refractivity contribution is -0.124. The predicted octanol–water partition coefficient (Wildman–Crippen LogP) is 1.49. The van der Waals surface area contributed by atoms with Gasteiger partial charge < -0.3 is 26.6 Å². The first-order valence-electron chi connectivity index (χ1n) is 9.54. The summed E-state index contributed by atoms with van der Waals surface area (Å²) in [5.74, 6) is 0.435. The van der Waals surface area contributed by atoms with E-state index in [4.69, 9.17) is 11.5 Å². The number of nitrogens with one attached hydrogen (secondary N) is 1. The van der Waals surface area contributed by atoms with Crippen molar-refractivity contribution in [2.75, 3.05) is 27.2 Å². The zero-order valence-corrected chi connectivity index (χ0v) is 16.1. The molecule has 25 heavy (non-hydrogen) atoms. The standard InChI is InChI=1S/C19H35N5O/c1-14(20)13-17(19(25)23(2)3)18(21)24-11-9-16(10-12-24)22-15-7-5-4-6-8-15/h13,15-16,22H,4-12,20-21H2,1-3H3/b14-13-,18-17-. The predicted molar refractivity (Wildman–Crippen MR) is 102 cm³/mol. The first-order valence-corrected chi connectivity index (χ1v) is 9.54. The summed E-state index contributed by atoms with van der Waals surface area (Å²) in [4.78, 5) is 16.1. The van der Waals surface area contributed by atoms with Crippen molar-refractivity contribution >= 4 is 5.91 Å². The van der Waals surface area contributed by atoms with E-state index in [0.717, 1.165) is 25.9 Å². The molecule has 0 radical (unpaired) electrons. The van der Waals surface area contributed by atoms with Crippen LogP contribution in [0.25, 0.3) is 0 Å². The van der Waals surface area contributed by atoms with E-state index in [9.17, 15) is 4.79 Å². The van der Waals surface area contributed by atoms with E-state index in [1.165, 1.54) is 32.1 Å². The molecule has 5 N–H and O–H groups in total. The van der Waals surface area contributed by atoms with Gasteiger partial charge in [-0.2, -0.15) is 0 Å². The molecule has 0 unspecified atom stereocenters. The fraction of sp³-hybridized carbons (Fsp3) is 0.737. The topological polar surface area (TPSA) is 87.6 Å². The number of allylic oxidation sites excluding steroid dienone is 1. The Labute approximate surface area is 152 Å². The van der Waals surface area contributed by atoms with Gasteiger partial charge in [-0.1, -0.05) is 19.3 Å². The van der Waals surface area contributed by atoms with Crippen molar-refractivity contribution in [3.63, 3.8) is 0 Å². The van der Waals surface area contributed by atoms with Gasteiger partial charge in [-0.25, -0.2) is 0 Å². The molecule has 0 bridgehead atoms. The third kappa shape index (κ3) is 5.66. The van der Waals surface area contributed by atoms with Crippen LogP contribution in [0.5, 0.6) is 0 Å². The molecule has 0 aromatic heterocycles. The molecule has 6 nitrogen and oxygen atoms in total. The van der Waals surface area contributed by atoms with Crippen LogP contribution < -0.4 is 16.8 Å². The lowest BCUT2D eigenvalue weighted by Crippen LogP contribution is -2.47. The number of nitrogens with two attached hydrogens (primary N) is 2. The van der Waals surface area contributed by atoms with Crippen LogP contribution in [0.2, 0.25) is 0 Å². The second kappa shape index (κ2) is 9.13. The van der Waals surface area contributed by atoms with Crippen LogP contribution in [0.3, 0.4) is 0 Å². The van der Waals surface area contributed by atoms with Gasteiger partial charge in [0.1, 0.15) is 5.82 Å². The summed E-state index contributed by atoms with van der Waals surface area (Å²) in [6.45, 7) is 3.52. The molecule has 1 saturated heterocycles. The monoisotopic (exact) mass is 349 g/mol. The van der Waals surface area contributed by atoms with Crippen molar-refractivity contribution in [2.24, 2.45) is 11.5 Å². The van der Waals surface area contributed by atoms with E-state index < -0.39 is 0 Å². The van der Waals surface area contributed by atoms with Crippen molar-refractivity contribution in [1.82, 2.24) is 15.1 Å². The zero-order chi connectivity index (χ0) is 18.4. The minimum Gasteiger partial charge on any atom is -0.402 e. The number of nitrogens with zero attached hydrogens (tertiary/aromatic N) is 2. The molecule has 0 aromatic carbocycles. The molecule has 2 rings (SSSR count). The number of hydrogen-bond acceptors (Lipinski definition) is 5. The van der Waals surface area contributed by atoms with Crippen LogP contribution in [0.4, 0.5) is 0 Å². The molecule has 2 fully saturated rings. The van der Waals surface area contributed by atoms with Crippen LogP contribution in [-0.2, 0) is 4.79 Å². The Kier molecular flexibility index (Phi) is 7.17. The lowest BCUT2D eigenvalue weighted by Gasteiger charge is -2.37. The number of piperidine rings is 1. The molecule has 0 aromatic rings. The molecule has 0 spiro atoms. The zero-order valence-electron chi connectivity index (χ0n) is 16.1. The fourth-order valence-corrected chi connectivity index (χ4v) is 3.77. The van der Waals surface area contributed by atoms with Gasteiger partial charge in [0.15, 0.2) is 0 Å². The first-order chi connectivity index (χ1) is 11.9. The average molecular weight is 350 g/mol. The third-order valence-electron chi connectivity index (χ3n) is 5.20. The smallest absolute Gasteiger partial charge is 0.257 e. The molecule has 1 aliphatic carbocycles. The Morgan fingerprint density at radius 3 is 2.12 bits per heavy atom. The number of amides is 1. The molecule has 2 aliphatic rings. The second-order valence-electron chi connectivity index (χ2n) is 7.65. The summed E-state index contributed by atoms with van der Waals surface area (Å²) in [6.07, 6.45) is 10.5. The summed E-state index contributed by atoms with van der Waals surface area (Å²) in [7, 11) is 3.46. The highest BCUT2D eigenvalue weighted by molar-refractivity contribution is 5.96. The van der Waals surface area contributed by atoms with E-state index in [0.29, 0.717) is 29.2 Å². The van der Waals surface area contributed by atoms with Gasteiger partial charge in [-0.15, -0.1) is 0 Å². The lowest BCUT2D eigenvalue weighted by atomic mass is 9.93. The highest BCUT2D eigenvalue weighted by Crippen LogP contribution is 2.21. The van der Waals surface area contributed by atoms with Gasteiger partial charge in [0, 0.05) is 45.0 Å². The molecule has 0 atom stereocenters. The number of rotatable bonds is 5. The number of carbonyl (C=O) groups excluding carboxylic acids is 1. The van der Waals surface area contributed by atoms with Crippen LogP contribution in [-0.4, -0.2) is 55.0 Å². The van der Waals surface area contributed by atoms with Crippen LogP contribution in [0.15, 0.2) is 23.2 Å². The summed E-state index contributed by atoms with van der Waals surface area (Å²) >= 11 is 0. The normalized spacial score (nSPS) is 21.9. The van der Waals surface area contributed by atoms with Crippen molar-refractivity contribution in [3.05, 3.63) is 23.2 Å². The Morgan fingerprint density at radius 1 is 1.04 bits per heavy atom. The molecular weight excluding hydrogens is 314 g/mol. The van der Waals surface area contributed by atoms with Crippen LogP contribution in [0.1, 0.15) is 51.9 Å². The van der Waals surface area contributed by atoms with Gasteiger partial charge in [-0.3, -0.25) is 4.79 Å². The molecule has 1 saturated carbocycles. The molecule has 142 valence electrons. The Morgan fingerprint density at radius 2 is 1.60 bits per heavy atom. The van der Waals surface area contributed by atoms with Crippen molar-refractivity contribution in [2.45, 2.75) is 64.0 Å².